The first-order chi connectivity index (χ1) is 21.3. The van der Waals surface area contributed by atoms with E-state index in [0.29, 0.717) is 12.1 Å². The number of carbonyl (C=O) groups excluding carboxylic acids is 3. The van der Waals surface area contributed by atoms with E-state index < -0.39 is 79.8 Å². The summed E-state index contributed by atoms with van der Waals surface area (Å²) in [4.78, 5) is 40.6. The van der Waals surface area contributed by atoms with E-state index >= 15 is 0 Å². The van der Waals surface area contributed by atoms with Gasteiger partial charge in [0, 0.05) is 37.2 Å². The van der Waals surface area contributed by atoms with Gasteiger partial charge in [0.1, 0.15) is 21.4 Å². The van der Waals surface area contributed by atoms with Crippen LogP contribution in [0.15, 0.2) is 48.5 Å². The molecule has 246 valence electrons. The summed E-state index contributed by atoms with van der Waals surface area (Å²) in [6.45, 7) is -0.163. The number of benzene rings is 3. The number of fused-ring (bicyclic) bond motifs is 1. The van der Waals surface area contributed by atoms with Crippen LogP contribution in [-0.2, 0) is 16.0 Å². The van der Waals surface area contributed by atoms with Crippen molar-refractivity contribution in [3.63, 3.8) is 0 Å². The minimum Gasteiger partial charge on any atom is -0.496 e. The number of rotatable bonds is 9. The third-order valence-electron chi connectivity index (χ3n) is 6.40. The molecule has 0 aromatic heterocycles. The van der Waals surface area contributed by atoms with Gasteiger partial charge in [-0.05, 0) is 42.5 Å². The normalized spacial score (nSPS) is 13.6. The van der Waals surface area contributed by atoms with E-state index in [4.69, 9.17) is 4.74 Å². The van der Waals surface area contributed by atoms with Crippen LogP contribution < -0.4 is 24.8 Å². The van der Waals surface area contributed by atoms with E-state index in [2.05, 4.69) is 20.1 Å². The highest BCUT2D eigenvalue weighted by atomic mass is 32.2. The number of ether oxygens (including phenoxy) is 3. The van der Waals surface area contributed by atoms with Crippen molar-refractivity contribution in [2.45, 2.75) is 12.5 Å². The Morgan fingerprint density at radius 1 is 0.935 bits per heavy atom. The highest BCUT2D eigenvalue weighted by molar-refractivity contribution is 7.90. The van der Waals surface area contributed by atoms with E-state index in [1.807, 2.05) is 0 Å². The average molecular weight is 676 g/mol. The zero-order chi connectivity index (χ0) is 34.2. The number of nitrogens with one attached hydrogen (secondary N) is 2. The van der Waals surface area contributed by atoms with Crippen LogP contribution >= 0.6 is 0 Å². The SMILES string of the molecule is COc1ccc(C(=O)N(C)CCS(C)(=O)=O)cc1C(=O)Nc1cc2c(cc1C(=O)Nc1ccc(F)c(C(F)(F)F)c1)OC(F)(F)O2. The van der Waals surface area contributed by atoms with Crippen molar-refractivity contribution in [3.05, 3.63) is 76.6 Å². The largest absolute Gasteiger partial charge is 0.586 e. The summed E-state index contributed by atoms with van der Waals surface area (Å²) in [5.74, 6) is -6.19. The number of amides is 3. The molecular formula is C28H23F6N3O8S. The fourth-order valence-electron chi connectivity index (χ4n) is 4.14. The predicted molar refractivity (Wildman–Crippen MR) is 150 cm³/mol. The van der Waals surface area contributed by atoms with Crippen LogP contribution in [0.2, 0.25) is 0 Å². The second kappa shape index (κ2) is 12.4. The first kappa shape index (κ1) is 33.9. The van der Waals surface area contributed by atoms with Gasteiger partial charge in [0.25, 0.3) is 17.7 Å². The second-order valence-corrected chi connectivity index (χ2v) is 12.1. The molecule has 0 radical (unpaired) electrons. The van der Waals surface area contributed by atoms with E-state index in [1.165, 1.54) is 26.3 Å². The van der Waals surface area contributed by atoms with Crippen molar-refractivity contribution in [2.24, 2.45) is 0 Å². The summed E-state index contributed by atoms with van der Waals surface area (Å²) >= 11 is 0. The molecule has 3 aromatic rings. The number of alkyl halides is 5. The van der Waals surface area contributed by atoms with E-state index in [9.17, 15) is 49.1 Å². The molecule has 0 saturated carbocycles. The number of nitrogens with zero attached hydrogens (tertiary/aromatic N) is 1. The Morgan fingerprint density at radius 3 is 2.17 bits per heavy atom. The first-order valence-corrected chi connectivity index (χ1v) is 14.9. The number of hydrogen-bond acceptors (Lipinski definition) is 8. The first-order valence-electron chi connectivity index (χ1n) is 12.8. The minimum absolute atomic E-state index is 0.0676. The van der Waals surface area contributed by atoms with Gasteiger partial charge in [-0.1, -0.05) is 0 Å². The molecule has 0 saturated heterocycles. The van der Waals surface area contributed by atoms with Crippen LogP contribution in [0.5, 0.6) is 17.2 Å². The molecule has 1 aliphatic rings. The lowest BCUT2D eigenvalue weighted by atomic mass is 10.1. The molecule has 0 spiro atoms. The Bertz CT molecular complexity index is 1830. The Morgan fingerprint density at radius 2 is 1.57 bits per heavy atom. The lowest BCUT2D eigenvalue weighted by Gasteiger charge is -2.18. The van der Waals surface area contributed by atoms with Gasteiger partial charge in [0.2, 0.25) is 0 Å². The van der Waals surface area contributed by atoms with E-state index in [-0.39, 0.29) is 29.2 Å². The average Bonchev–Trinajstić information content (AvgIpc) is 3.27. The molecule has 3 amide bonds. The molecule has 2 N–H and O–H groups in total. The number of sulfone groups is 1. The van der Waals surface area contributed by atoms with Crippen LogP contribution in [0.4, 0.5) is 37.7 Å². The van der Waals surface area contributed by atoms with Gasteiger partial charge in [-0.2, -0.15) is 13.2 Å². The molecule has 18 heteroatoms. The highest BCUT2D eigenvalue weighted by Crippen LogP contribution is 2.44. The lowest BCUT2D eigenvalue weighted by Crippen LogP contribution is -2.31. The summed E-state index contributed by atoms with van der Waals surface area (Å²) < 4.78 is 118. The fourth-order valence-corrected chi connectivity index (χ4v) is 4.74. The van der Waals surface area contributed by atoms with Gasteiger partial charge >= 0.3 is 12.5 Å². The summed E-state index contributed by atoms with van der Waals surface area (Å²) in [6.07, 6.45) is -8.27. The zero-order valence-electron chi connectivity index (χ0n) is 23.9. The second-order valence-electron chi connectivity index (χ2n) is 9.88. The van der Waals surface area contributed by atoms with E-state index in [0.717, 1.165) is 35.4 Å². The molecule has 0 aliphatic carbocycles. The zero-order valence-corrected chi connectivity index (χ0v) is 24.7. The molecule has 0 fully saturated rings. The van der Waals surface area contributed by atoms with Gasteiger partial charge in [-0.25, -0.2) is 12.8 Å². The number of carbonyl (C=O) groups is 3. The summed E-state index contributed by atoms with van der Waals surface area (Å²) in [6, 6.07) is 6.79. The molecule has 46 heavy (non-hydrogen) atoms. The Labute approximate surface area is 256 Å². The van der Waals surface area contributed by atoms with Gasteiger partial charge in [-0.3, -0.25) is 14.4 Å². The fraction of sp³-hybridized carbons (Fsp3) is 0.250. The van der Waals surface area contributed by atoms with Crippen molar-refractivity contribution in [3.8, 4) is 17.2 Å². The van der Waals surface area contributed by atoms with Gasteiger partial charge in [-0.15, -0.1) is 8.78 Å². The van der Waals surface area contributed by atoms with Gasteiger partial charge in [0.05, 0.1) is 35.2 Å². The Kier molecular flexibility index (Phi) is 9.15. The summed E-state index contributed by atoms with van der Waals surface area (Å²) in [5, 5.41) is 4.39. The molecule has 0 bridgehead atoms. The number of halogens is 6. The number of anilines is 2. The van der Waals surface area contributed by atoms with E-state index in [1.54, 1.807) is 0 Å². The minimum atomic E-state index is -5.11. The maximum atomic E-state index is 13.8. The monoisotopic (exact) mass is 675 g/mol. The van der Waals surface area contributed by atoms with Gasteiger partial charge in [0.15, 0.2) is 11.5 Å². The van der Waals surface area contributed by atoms with Gasteiger partial charge < -0.3 is 29.7 Å². The van der Waals surface area contributed by atoms with Crippen molar-refractivity contribution in [1.82, 2.24) is 4.90 Å². The molecule has 3 aromatic carbocycles. The van der Waals surface area contributed by atoms with Crippen molar-refractivity contribution in [1.29, 1.82) is 0 Å². The smallest absolute Gasteiger partial charge is 0.496 e. The molecule has 0 unspecified atom stereocenters. The van der Waals surface area contributed by atoms with Crippen molar-refractivity contribution >= 4 is 38.9 Å². The predicted octanol–water partition coefficient (Wildman–Crippen LogP) is 4.80. The Balaban J connectivity index is 1.68. The van der Waals surface area contributed by atoms with Crippen LogP contribution in [0, 0.1) is 5.82 Å². The topological polar surface area (TPSA) is 140 Å². The maximum Gasteiger partial charge on any atom is 0.586 e. The third-order valence-corrected chi connectivity index (χ3v) is 7.32. The van der Waals surface area contributed by atoms with Crippen LogP contribution in [0.3, 0.4) is 0 Å². The molecular weight excluding hydrogens is 652 g/mol. The number of methoxy groups -OCH3 is 1. The van der Waals surface area contributed by atoms with Crippen LogP contribution in [0.1, 0.15) is 36.6 Å². The molecule has 0 atom stereocenters. The lowest BCUT2D eigenvalue weighted by molar-refractivity contribution is -0.286. The third kappa shape index (κ3) is 7.79. The van der Waals surface area contributed by atoms with Crippen LogP contribution in [-0.4, -0.2) is 70.0 Å². The number of hydrogen-bond donors (Lipinski definition) is 2. The summed E-state index contributed by atoms with van der Waals surface area (Å²) in [5.41, 5.74) is -3.63. The molecule has 4 rings (SSSR count). The Hall–Kier alpha value is -5.00. The molecule has 11 nitrogen and oxygen atoms in total. The van der Waals surface area contributed by atoms with Crippen molar-refractivity contribution in [2.75, 3.05) is 43.3 Å². The summed E-state index contributed by atoms with van der Waals surface area (Å²) in [7, 11) is -0.862. The standard InChI is InChI=1S/C28H23F6N3O8S/c1-37(8-9-46(3,41)42)26(40)14-4-7-21(43-2)17(10-14)25(39)36-20-13-23-22(44-28(33,34)45-23)12-16(20)24(38)35-15-5-6-19(29)18(11-15)27(30,31)32/h4-7,10-13H,8-9H2,1-3H3,(H,35,38)(H,36,39). The van der Waals surface area contributed by atoms with Crippen LogP contribution in [0.25, 0.3) is 0 Å². The quantitative estimate of drug-likeness (QED) is 0.309. The highest BCUT2D eigenvalue weighted by Gasteiger charge is 2.44. The molecule has 1 aliphatic heterocycles. The molecule has 1 heterocycles. The van der Waals surface area contributed by atoms with Crippen molar-refractivity contribution < 1.29 is 63.4 Å². The maximum absolute atomic E-state index is 13.8.